The average molecular weight is 296 g/mol. The van der Waals surface area contributed by atoms with Crippen molar-refractivity contribution >= 4 is 11.6 Å². The Morgan fingerprint density at radius 2 is 2.18 bits per heavy atom. The van der Waals surface area contributed by atoms with Crippen LogP contribution in [0.1, 0.15) is 22.1 Å². The number of likely N-dealkylation sites (tertiary alicyclic amines) is 1. The molecule has 0 atom stereocenters. The molecule has 1 saturated heterocycles. The van der Waals surface area contributed by atoms with Gasteiger partial charge in [-0.05, 0) is 12.1 Å². The van der Waals surface area contributed by atoms with E-state index in [1.165, 1.54) is 6.20 Å². The van der Waals surface area contributed by atoms with Crippen LogP contribution in [0.5, 0.6) is 0 Å². The van der Waals surface area contributed by atoms with Gasteiger partial charge in [0.2, 0.25) is 0 Å². The molecule has 22 heavy (non-hydrogen) atoms. The maximum atomic E-state index is 11.1. The molecule has 112 valence electrons. The molecule has 0 saturated carbocycles. The first-order valence-corrected chi connectivity index (χ1v) is 7.18. The lowest BCUT2D eigenvalue weighted by Gasteiger charge is -2.38. The highest BCUT2D eigenvalue weighted by atomic mass is 16.1. The molecule has 3 aromatic rings. The number of carbonyl (C=O) groups excluding carboxylic acids is 1. The first kappa shape index (κ1) is 13.0. The van der Waals surface area contributed by atoms with Gasteiger partial charge in [0.05, 0.1) is 23.5 Å². The van der Waals surface area contributed by atoms with E-state index < -0.39 is 5.91 Å². The van der Waals surface area contributed by atoms with Gasteiger partial charge in [0.15, 0.2) is 0 Å². The second-order valence-electron chi connectivity index (χ2n) is 5.62. The third kappa shape index (κ3) is 2.25. The van der Waals surface area contributed by atoms with Crippen molar-refractivity contribution in [3.8, 4) is 0 Å². The lowest BCUT2D eigenvalue weighted by molar-refractivity contribution is 0.0895. The smallest absolute Gasteiger partial charge is 0.251 e. The zero-order chi connectivity index (χ0) is 15.1. The Bertz CT molecular complexity index is 796. The number of pyridine rings is 1. The molecule has 1 fully saturated rings. The highest BCUT2D eigenvalue weighted by molar-refractivity contribution is 5.92. The molecule has 4 heterocycles. The number of aromatic nitrogens is 4. The fraction of sp³-hybridized carbons (Fsp3) is 0.267. The summed E-state index contributed by atoms with van der Waals surface area (Å²) >= 11 is 0. The van der Waals surface area contributed by atoms with Crippen molar-refractivity contribution in [2.24, 2.45) is 5.73 Å². The summed E-state index contributed by atoms with van der Waals surface area (Å²) in [7, 11) is 0. The van der Waals surface area contributed by atoms with E-state index >= 15 is 0 Å². The molecular formula is C15H16N6O. The van der Waals surface area contributed by atoms with Gasteiger partial charge in [-0.1, -0.05) is 6.07 Å². The van der Waals surface area contributed by atoms with Crippen LogP contribution in [0, 0.1) is 0 Å². The molecule has 0 unspecified atom stereocenters. The summed E-state index contributed by atoms with van der Waals surface area (Å²) < 4.78 is 3.85. The number of fused-ring (bicyclic) bond motifs is 1. The highest BCUT2D eigenvalue weighted by Crippen LogP contribution is 2.22. The van der Waals surface area contributed by atoms with E-state index in [4.69, 9.17) is 5.73 Å². The molecule has 3 aromatic heterocycles. The second-order valence-corrected chi connectivity index (χ2v) is 5.62. The van der Waals surface area contributed by atoms with Gasteiger partial charge < -0.3 is 10.1 Å². The average Bonchev–Trinajstić information content (AvgIpc) is 3.08. The maximum Gasteiger partial charge on any atom is 0.251 e. The minimum atomic E-state index is -0.438. The zero-order valence-corrected chi connectivity index (χ0v) is 12.0. The van der Waals surface area contributed by atoms with Crippen molar-refractivity contribution in [2.75, 3.05) is 13.1 Å². The summed E-state index contributed by atoms with van der Waals surface area (Å²) in [5, 5.41) is 4.21. The summed E-state index contributed by atoms with van der Waals surface area (Å²) in [5.41, 5.74) is 7.72. The van der Waals surface area contributed by atoms with E-state index in [2.05, 4.69) is 21.2 Å². The molecule has 4 rings (SSSR count). The van der Waals surface area contributed by atoms with Crippen LogP contribution in [-0.4, -0.2) is 43.1 Å². The summed E-state index contributed by atoms with van der Waals surface area (Å²) in [6.45, 7) is 2.61. The molecule has 2 N–H and O–H groups in total. The van der Waals surface area contributed by atoms with E-state index in [-0.39, 0.29) is 0 Å². The SMILES string of the molecule is NC(=O)c1cnn(C2CN(Cc3cn4ccccc4n3)C2)c1. The third-order valence-corrected chi connectivity index (χ3v) is 4.00. The molecule has 0 radical (unpaired) electrons. The Kier molecular flexibility index (Phi) is 2.93. The summed E-state index contributed by atoms with van der Waals surface area (Å²) in [6.07, 6.45) is 7.30. The minimum Gasteiger partial charge on any atom is -0.366 e. The number of amides is 1. The number of carbonyl (C=O) groups is 1. The van der Waals surface area contributed by atoms with Crippen molar-refractivity contribution in [1.29, 1.82) is 0 Å². The van der Waals surface area contributed by atoms with Crippen LogP contribution in [0.3, 0.4) is 0 Å². The molecule has 1 amide bonds. The van der Waals surface area contributed by atoms with Crippen LogP contribution in [0.15, 0.2) is 43.0 Å². The lowest BCUT2D eigenvalue weighted by Crippen LogP contribution is -2.47. The van der Waals surface area contributed by atoms with Crippen LogP contribution in [0.4, 0.5) is 0 Å². The Morgan fingerprint density at radius 3 is 2.91 bits per heavy atom. The van der Waals surface area contributed by atoms with E-state index in [1.54, 1.807) is 6.20 Å². The van der Waals surface area contributed by atoms with Crippen LogP contribution >= 0.6 is 0 Å². The summed E-state index contributed by atoms with van der Waals surface area (Å²) in [4.78, 5) is 18.0. The molecule has 7 heteroatoms. The van der Waals surface area contributed by atoms with E-state index in [0.29, 0.717) is 11.6 Å². The number of nitrogens with two attached hydrogens (primary N) is 1. The monoisotopic (exact) mass is 296 g/mol. The van der Waals surface area contributed by atoms with Crippen molar-refractivity contribution in [3.05, 3.63) is 54.2 Å². The van der Waals surface area contributed by atoms with Gasteiger partial charge in [-0.2, -0.15) is 5.10 Å². The Labute approximate surface area is 127 Å². The highest BCUT2D eigenvalue weighted by Gasteiger charge is 2.29. The van der Waals surface area contributed by atoms with Gasteiger partial charge in [0, 0.05) is 38.2 Å². The standard InChI is InChI=1S/C15H16N6O/c16-15(22)11-5-17-21(6-11)13-9-19(10-13)7-12-8-20-4-2-1-3-14(20)18-12/h1-6,8,13H,7,9-10H2,(H2,16,22). The first-order chi connectivity index (χ1) is 10.7. The molecule has 1 aliphatic rings. The van der Waals surface area contributed by atoms with Crippen LogP contribution in [-0.2, 0) is 6.54 Å². The van der Waals surface area contributed by atoms with E-state index in [9.17, 15) is 4.79 Å². The molecule has 1 aliphatic heterocycles. The van der Waals surface area contributed by atoms with Crippen LogP contribution < -0.4 is 5.73 Å². The van der Waals surface area contributed by atoms with E-state index in [0.717, 1.165) is 31.0 Å². The van der Waals surface area contributed by atoms with Crippen LogP contribution in [0.2, 0.25) is 0 Å². The first-order valence-electron chi connectivity index (χ1n) is 7.18. The Hall–Kier alpha value is -2.67. The number of nitrogens with zero attached hydrogens (tertiary/aromatic N) is 5. The molecule has 7 nitrogen and oxygen atoms in total. The number of hydrogen-bond acceptors (Lipinski definition) is 4. The normalized spacial score (nSPS) is 16.0. The lowest BCUT2D eigenvalue weighted by atomic mass is 10.1. The zero-order valence-electron chi connectivity index (χ0n) is 12.0. The second kappa shape index (κ2) is 4.96. The van der Waals surface area contributed by atoms with Gasteiger partial charge in [-0.15, -0.1) is 0 Å². The van der Waals surface area contributed by atoms with E-state index in [1.807, 2.05) is 33.5 Å². The van der Waals surface area contributed by atoms with Gasteiger partial charge in [0.25, 0.3) is 5.91 Å². The van der Waals surface area contributed by atoms with Crippen molar-refractivity contribution in [2.45, 2.75) is 12.6 Å². The quantitative estimate of drug-likeness (QED) is 0.768. The minimum absolute atomic E-state index is 0.296. The molecule has 0 aromatic carbocycles. The fourth-order valence-corrected chi connectivity index (χ4v) is 2.80. The largest absolute Gasteiger partial charge is 0.366 e. The van der Waals surface area contributed by atoms with Gasteiger partial charge >= 0.3 is 0 Å². The predicted molar refractivity (Wildman–Crippen MR) is 80.3 cm³/mol. The van der Waals surface area contributed by atoms with Gasteiger partial charge in [0.1, 0.15) is 5.65 Å². The molecular weight excluding hydrogens is 280 g/mol. The Morgan fingerprint density at radius 1 is 1.32 bits per heavy atom. The predicted octanol–water partition coefficient (Wildman–Crippen LogP) is 0.687. The van der Waals surface area contributed by atoms with Crippen molar-refractivity contribution in [3.63, 3.8) is 0 Å². The maximum absolute atomic E-state index is 11.1. The number of imidazole rings is 1. The molecule has 0 aliphatic carbocycles. The third-order valence-electron chi connectivity index (χ3n) is 4.00. The van der Waals surface area contributed by atoms with Crippen molar-refractivity contribution in [1.82, 2.24) is 24.1 Å². The van der Waals surface area contributed by atoms with Crippen LogP contribution in [0.25, 0.3) is 5.65 Å². The number of primary amides is 1. The molecule has 0 bridgehead atoms. The van der Waals surface area contributed by atoms with Gasteiger partial charge in [-0.3, -0.25) is 14.4 Å². The Balaban J connectivity index is 1.39. The number of rotatable bonds is 4. The fourth-order valence-electron chi connectivity index (χ4n) is 2.80. The van der Waals surface area contributed by atoms with Gasteiger partial charge in [-0.25, -0.2) is 4.98 Å². The topological polar surface area (TPSA) is 81.5 Å². The summed E-state index contributed by atoms with van der Waals surface area (Å²) in [5.74, 6) is -0.438. The summed E-state index contributed by atoms with van der Waals surface area (Å²) in [6, 6.07) is 6.27. The molecule has 0 spiro atoms. The number of hydrogen-bond donors (Lipinski definition) is 1. The van der Waals surface area contributed by atoms with Crippen molar-refractivity contribution < 1.29 is 4.79 Å².